The van der Waals surface area contributed by atoms with Crippen LogP contribution in [-0.4, -0.2) is 32.9 Å². The molecule has 0 heterocycles. The van der Waals surface area contributed by atoms with Gasteiger partial charge in [-0.2, -0.15) is 0 Å². The van der Waals surface area contributed by atoms with Crippen LogP contribution in [0.1, 0.15) is 6.92 Å². The Bertz CT molecular complexity index is 872. The molecule has 8 heteroatoms. The van der Waals surface area contributed by atoms with Crippen molar-refractivity contribution in [2.45, 2.75) is 17.9 Å². The van der Waals surface area contributed by atoms with Gasteiger partial charge in [-0.15, -0.1) is 11.8 Å². The lowest BCUT2D eigenvalue weighted by Gasteiger charge is -2.28. The van der Waals surface area contributed by atoms with Gasteiger partial charge in [-0.3, -0.25) is 9.10 Å². The molecular weight excluding hydrogens is 363 g/mol. The second kappa shape index (κ2) is 7.88. The molecule has 0 saturated heterocycles. The Morgan fingerprint density at radius 1 is 1.20 bits per heavy atom. The van der Waals surface area contributed by atoms with E-state index in [4.69, 9.17) is 0 Å². The molecule has 2 aromatic rings. The smallest absolute Gasteiger partial charge is 0.247 e. The number of amides is 1. The van der Waals surface area contributed by atoms with Crippen LogP contribution < -0.4 is 9.62 Å². The lowest BCUT2D eigenvalue weighted by molar-refractivity contribution is -0.116. The zero-order valence-corrected chi connectivity index (χ0v) is 15.7. The maximum absolute atomic E-state index is 13.5. The summed E-state index contributed by atoms with van der Waals surface area (Å²) in [5.74, 6) is -1.08. The highest BCUT2D eigenvalue weighted by atomic mass is 32.2. The number of carbonyl (C=O) groups excluding carboxylic acids is 1. The van der Waals surface area contributed by atoms with Gasteiger partial charge in [-0.1, -0.05) is 12.1 Å². The van der Waals surface area contributed by atoms with Crippen molar-refractivity contribution < 1.29 is 17.6 Å². The largest absolute Gasteiger partial charge is 0.324 e. The van der Waals surface area contributed by atoms with Gasteiger partial charge in [0.15, 0.2) is 0 Å². The third-order valence-electron chi connectivity index (χ3n) is 3.49. The molecule has 0 aliphatic rings. The number of hydrogen-bond acceptors (Lipinski definition) is 4. The summed E-state index contributed by atoms with van der Waals surface area (Å²) < 4.78 is 38.7. The molecule has 0 aromatic heterocycles. The average Bonchev–Trinajstić information content (AvgIpc) is 2.53. The maximum atomic E-state index is 13.5. The molecule has 0 unspecified atom stereocenters. The molecule has 0 aliphatic heterocycles. The van der Waals surface area contributed by atoms with Crippen LogP contribution >= 0.6 is 11.8 Å². The van der Waals surface area contributed by atoms with E-state index in [-0.39, 0.29) is 5.69 Å². The monoisotopic (exact) mass is 382 g/mol. The number of hydrogen-bond donors (Lipinski definition) is 1. The number of nitrogens with zero attached hydrogens (tertiary/aromatic N) is 1. The van der Waals surface area contributed by atoms with Crippen LogP contribution in [0.4, 0.5) is 15.8 Å². The fraction of sp³-hybridized carbons (Fsp3) is 0.235. The number of carbonyl (C=O) groups is 1. The molecule has 2 rings (SSSR count). The first kappa shape index (κ1) is 19.3. The molecule has 5 nitrogen and oxygen atoms in total. The predicted octanol–water partition coefficient (Wildman–Crippen LogP) is 3.34. The summed E-state index contributed by atoms with van der Waals surface area (Å²) >= 11 is 1.53. The topological polar surface area (TPSA) is 66.5 Å². The molecule has 0 bridgehead atoms. The van der Waals surface area contributed by atoms with Crippen LogP contribution in [0.3, 0.4) is 0 Å². The van der Waals surface area contributed by atoms with Crippen LogP contribution in [0.5, 0.6) is 0 Å². The van der Waals surface area contributed by atoms with Gasteiger partial charge in [-0.25, -0.2) is 12.8 Å². The van der Waals surface area contributed by atoms with E-state index in [0.717, 1.165) is 21.5 Å². The minimum Gasteiger partial charge on any atom is -0.324 e. The third-order valence-corrected chi connectivity index (χ3v) is 5.46. The van der Waals surface area contributed by atoms with Crippen molar-refractivity contribution in [2.24, 2.45) is 0 Å². The van der Waals surface area contributed by atoms with Gasteiger partial charge in [0, 0.05) is 10.6 Å². The summed E-state index contributed by atoms with van der Waals surface area (Å²) in [6.45, 7) is 1.46. The van der Waals surface area contributed by atoms with Crippen molar-refractivity contribution in [1.82, 2.24) is 0 Å². The third kappa shape index (κ3) is 4.96. The Morgan fingerprint density at radius 3 is 2.48 bits per heavy atom. The Labute approximate surface area is 151 Å². The molecule has 1 N–H and O–H groups in total. The van der Waals surface area contributed by atoms with Crippen LogP contribution in [0.2, 0.25) is 0 Å². The first-order valence-electron chi connectivity index (χ1n) is 7.42. The molecule has 1 amide bonds. The van der Waals surface area contributed by atoms with E-state index in [1.807, 2.05) is 12.3 Å². The quantitative estimate of drug-likeness (QED) is 0.778. The second-order valence-corrected chi connectivity index (χ2v) is 8.17. The maximum Gasteiger partial charge on any atom is 0.247 e. The molecule has 0 saturated carbocycles. The summed E-state index contributed by atoms with van der Waals surface area (Å²) in [4.78, 5) is 13.5. The highest BCUT2D eigenvalue weighted by Gasteiger charge is 2.29. The summed E-state index contributed by atoms with van der Waals surface area (Å²) in [5.41, 5.74) is 0.666. The summed E-state index contributed by atoms with van der Waals surface area (Å²) in [7, 11) is -3.78. The molecule has 0 radical (unpaired) electrons. The summed E-state index contributed by atoms with van der Waals surface area (Å²) in [5, 5.41) is 2.70. The number of benzene rings is 2. The standard InChI is InChI=1S/C17H19FN2O3S2/c1-12(17(21)19-14-7-5-9-16(11-14)24-2)20(25(3,22)23)15-8-4-6-13(18)10-15/h4-12H,1-3H3,(H,19,21)/t12-/m1/s1. The van der Waals surface area contributed by atoms with Gasteiger partial charge in [0.25, 0.3) is 0 Å². The predicted molar refractivity (Wildman–Crippen MR) is 100 cm³/mol. The van der Waals surface area contributed by atoms with Gasteiger partial charge in [-0.05, 0) is 49.6 Å². The van der Waals surface area contributed by atoms with E-state index in [1.165, 1.54) is 36.9 Å². The number of sulfonamides is 1. The minimum atomic E-state index is -3.78. The summed E-state index contributed by atoms with van der Waals surface area (Å²) in [6, 6.07) is 11.3. The lowest BCUT2D eigenvalue weighted by Crippen LogP contribution is -2.45. The number of halogens is 1. The fourth-order valence-electron chi connectivity index (χ4n) is 2.37. The van der Waals surface area contributed by atoms with Gasteiger partial charge in [0.05, 0.1) is 11.9 Å². The van der Waals surface area contributed by atoms with Crippen molar-refractivity contribution in [1.29, 1.82) is 0 Å². The van der Waals surface area contributed by atoms with Crippen molar-refractivity contribution >= 4 is 39.1 Å². The molecule has 0 fully saturated rings. The van der Waals surface area contributed by atoms with Gasteiger partial charge < -0.3 is 5.32 Å². The van der Waals surface area contributed by atoms with E-state index < -0.39 is 27.8 Å². The fourth-order valence-corrected chi connectivity index (χ4v) is 4.00. The second-order valence-electron chi connectivity index (χ2n) is 5.44. The summed E-state index contributed by atoms with van der Waals surface area (Å²) in [6.07, 6.45) is 2.90. The number of thioether (sulfide) groups is 1. The first-order chi connectivity index (χ1) is 11.7. The molecular formula is C17H19FN2O3S2. The van der Waals surface area contributed by atoms with E-state index in [0.29, 0.717) is 5.69 Å². The van der Waals surface area contributed by atoms with Gasteiger partial charge >= 0.3 is 0 Å². The van der Waals surface area contributed by atoms with Crippen molar-refractivity contribution in [3.8, 4) is 0 Å². The van der Waals surface area contributed by atoms with Crippen LogP contribution in [0, 0.1) is 5.82 Å². The molecule has 25 heavy (non-hydrogen) atoms. The SMILES string of the molecule is CSc1cccc(NC(=O)[C@@H](C)N(c2cccc(F)c2)S(C)(=O)=O)c1. The Balaban J connectivity index is 2.30. The molecule has 0 aliphatic carbocycles. The number of nitrogens with one attached hydrogen (secondary N) is 1. The molecule has 2 aromatic carbocycles. The van der Waals surface area contributed by atoms with Crippen LogP contribution in [0.25, 0.3) is 0 Å². The number of anilines is 2. The first-order valence-corrected chi connectivity index (χ1v) is 10.5. The van der Waals surface area contributed by atoms with Crippen LogP contribution in [0.15, 0.2) is 53.4 Å². The molecule has 1 atom stereocenters. The average molecular weight is 382 g/mol. The Morgan fingerprint density at radius 2 is 1.88 bits per heavy atom. The highest BCUT2D eigenvalue weighted by molar-refractivity contribution is 7.98. The van der Waals surface area contributed by atoms with Crippen molar-refractivity contribution in [3.63, 3.8) is 0 Å². The Kier molecular flexibility index (Phi) is 6.07. The molecule has 0 spiro atoms. The van der Waals surface area contributed by atoms with Crippen molar-refractivity contribution in [2.75, 3.05) is 22.1 Å². The normalized spacial score (nSPS) is 12.5. The van der Waals surface area contributed by atoms with E-state index in [1.54, 1.807) is 18.2 Å². The number of rotatable bonds is 6. The zero-order chi connectivity index (χ0) is 18.6. The van der Waals surface area contributed by atoms with E-state index >= 15 is 0 Å². The zero-order valence-electron chi connectivity index (χ0n) is 14.1. The minimum absolute atomic E-state index is 0.100. The highest BCUT2D eigenvalue weighted by Crippen LogP contribution is 2.23. The Hall–Kier alpha value is -2.06. The van der Waals surface area contributed by atoms with Gasteiger partial charge in [0.2, 0.25) is 15.9 Å². The van der Waals surface area contributed by atoms with Crippen LogP contribution in [-0.2, 0) is 14.8 Å². The van der Waals surface area contributed by atoms with E-state index in [9.17, 15) is 17.6 Å². The molecule has 134 valence electrons. The van der Waals surface area contributed by atoms with E-state index in [2.05, 4.69) is 5.32 Å². The van der Waals surface area contributed by atoms with Crippen molar-refractivity contribution in [3.05, 3.63) is 54.3 Å². The lowest BCUT2D eigenvalue weighted by atomic mass is 10.2. The van der Waals surface area contributed by atoms with Gasteiger partial charge in [0.1, 0.15) is 11.9 Å².